The summed E-state index contributed by atoms with van der Waals surface area (Å²) in [5.41, 5.74) is 7.38. The minimum Gasteiger partial charge on any atom is -0.356 e. The highest BCUT2D eigenvalue weighted by Crippen LogP contribution is 2.21. The maximum absolute atomic E-state index is 12.7. The number of rotatable bonds is 5. The molecule has 9 nitrogen and oxygen atoms in total. The van der Waals surface area contributed by atoms with Crippen molar-refractivity contribution in [2.75, 3.05) is 0 Å². The first-order valence-corrected chi connectivity index (χ1v) is 10.2. The molecule has 0 aliphatic rings. The van der Waals surface area contributed by atoms with Crippen molar-refractivity contribution in [2.24, 2.45) is 0 Å². The molecule has 0 radical (unpaired) electrons. The number of nitrogens with zero attached hydrogens (tertiary/aromatic N) is 4. The van der Waals surface area contributed by atoms with Crippen LogP contribution in [0.3, 0.4) is 0 Å². The number of benzene rings is 3. The van der Waals surface area contributed by atoms with Crippen molar-refractivity contribution in [2.45, 2.75) is 6.42 Å². The molecule has 2 heterocycles. The highest BCUT2D eigenvalue weighted by Gasteiger charge is 2.19. The van der Waals surface area contributed by atoms with Crippen molar-refractivity contribution in [3.05, 3.63) is 96.4 Å². The van der Waals surface area contributed by atoms with Gasteiger partial charge in [0, 0.05) is 10.9 Å². The first-order chi connectivity index (χ1) is 16.2. The van der Waals surface area contributed by atoms with Gasteiger partial charge in [-0.2, -0.15) is 0 Å². The maximum Gasteiger partial charge on any atom is 0.309 e. The predicted octanol–water partition coefficient (Wildman–Crippen LogP) is 3.08. The van der Waals surface area contributed by atoms with Crippen molar-refractivity contribution < 1.29 is 14.1 Å². The minimum atomic E-state index is -0.639. The van der Waals surface area contributed by atoms with E-state index in [-0.39, 0.29) is 12.2 Å². The summed E-state index contributed by atoms with van der Waals surface area (Å²) >= 11 is 0. The van der Waals surface area contributed by atoms with Crippen LogP contribution in [0.4, 0.5) is 0 Å². The van der Waals surface area contributed by atoms with Gasteiger partial charge in [0.05, 0.1) is 12.1 Å². The molecule has 0 saturated carbocycles. The van der Waals surface area contributed by atoms with Gasteiger partial charge in [-0.05, 0) is 24.3 Å². The summed E-state index contributed by atoms with van der Waals surface area (Å²) < 4.78 is 6.80. The third-order valence-electron chi connectivity index (χ3n) is 4.94. The molecule has 2 amide bonds. The normalized spacial score (nSPS) is 10.8. The van der Waals surface area contributed by atoms with Gasteiger partial charge in [-0.3, -0.25) is 20.4 Å². The first-order valence-electron chi connectivity index (χ1n) is 10.2. The number of carbonyl (C=O) groups is 2. The van der Waals surface area contributed by atoms with Crippen molar-refractivity contribution in [1.82, 2.24) is 30.8 Å². The van der Waals surface area contributed by atoms with Crippen molar-refractivity contribution in [1.29, 1.82) is 0 Å². The molecule has 0 atom stereocenters. The van der Waals surface area contributed by atoms with E-state index in [2.05, 4.69) is 26.1 Å². The summed E-state index contributed by atoms with van der Waals surface area (Å²) in [6.07, 6.45) is -0.0571. The molecule has 0 aliphatic heterocycles. The molecule has 3 aromatic carbocycles. The van der Waals surface area contributed by atoms with Gasteiger partial charge in [-0.25, -0.2) is 9.67 Å². The van der Waals surface area contributed by atoms with Crippen LogP contribution in [0.25, 0.3) is 28.0 Å². The molecule has 0 spiro atoms. The molecule has 0 fully saturated rings. The van der Waals surface area contributed by atoms with Crippen molar-refractivity contribution in [3.8, 4) is 17.1 Å². The lowest BCUT2D eigenvalue weighted by molar-refractivity contribution is -0.121. The zero-order chi connectivity index (χ0) is 22.6. The van der Waals surface area contributed by atoms with E-state index in [1.165, 1.54) is 0 Å². The Morgan fingerprint density at radius 3 is 2.33 bits per heavy atom. The van der Waals surface area contributed by atoms with E-state index in [9.17, 15) is 9.59 Å². The van der Waals surface area contributed by atoms with E-state index < -0.39 is 11.8 Å². The average Bonchev–Trinajstić information content (AvgIpc) is 3.49. The molecular weight excluding hydrogens is 420 g/mol. The van der Waals surface area contributed by atoms with Crippen molar-refractivity contribution in [3.63, 3.8) is 0 Å². The SMILES string of the molecule is O=C(Cc1noc2ccccc12)NNC(=O)c1nc(-c2ccccc2)n(-c2ccccc2)n1. The van der Waals surface area contributed by atoms with Gasteiger partial charge in [0.25, 0.3) is 0 Å². The van der Waals surface area contributed by atoms with E-state index in [0.717, 1.165) is 16.6 Å². The van der Waals surface area contributed by atoms with Crippen LogP contribution in [-0.4, -0.2) is 31.7 Å². The molecule has 0 unspecified atom stereocenters. The van der Waals surface area contributed by atoms with Gasteiger partial charge in [-0.1, -0.05) is 65.8 Å². The first kappa shape index (κ1) is 20.1. The maximum atomic E-state index is 12.7. The van der Waals surface area contributed by atoms with Gasteiger partial charge in [0.15, 0.2) is 11.4 Å². The Morgan fingerprint density at radius 2 is 1.55 bits per heavy atom. The molecule has 33 heavy (non-hydrogen) atoms. The van der Waals surface area contributed by atoms with Gasteiger partial charge in [0.1, 0.15) is 5.69 Å². The van der Waals surface area contributed by atoms with Gasteiger partial charge in [0.2, 0.25) is 11.7 Å². The number of hydrogen-bond donors (Lipinski definition) is 2. The van der Waals surface area contributed by atoms with Gasteiger partial charge in [-0.15, -0.1) is 5.10 Å². The summed E-state index contributed by atoms with van der Waals surface area (Å²) in [7, 11) is 0. The quantitative estimate of drug-likeness (QED) is 0.408. The predicted molar refractivity (Wildman–Crippen MR) is 120 cm³/mol. The second kappa shape index (κ2) is 8.75. The largest absolute Gasteiger partial charge is 0.356 e. The smallest absolute Gasteiger partial charge is 0.309 e. The minimum absolute atomic E-state index is 0.0571. The van der Waals surface area contributed by atoms with Crippen LogP contribution < -0.4 is 10.9 Å². The topological polar surface area (TPSA) is 115 Å². The zero-order valence-corrected chi connectivity index (χ0v) is 17.3. The van der Waals surface area contributed by atoms with Crippen LogP contribution in [-0.2, 0) is 11.2 Å². The molecule has 162 valence electrons. The Morgan fingerprint density at radius 1 is 0.848 bits per heavy atom. The fraction of sp³-hybridized carbons (Fsp3) is 0.0417. The van der Waals surface area contributed by atoms with Crippen molar-refractivity contribution >= 4 is 22.8 Å². The highest BCUT2D eigenvalue weighted by molar-refractivity contribution is 5.93. The fourth-order valence-electron chi connectivity index (χ4n) is 3.38. The van der Waals surface area contributed by atoms with Crippen LogP contribution in [0.2, 0.25) is 0 Å². The molecular formula is C24H18N6O3. The Labute approximate surface area is 188 Å². The van der Waals surface area contributed by atoms with Gasteiger partial charge >= 0.3 is 5.91 Å². The number of fused-ring (bicyclic) bond motifs is 1. The van der Waals surface area contributed by atoms with E-state index in [4.69, 9.17) is 4.52 Å². The van der Waals surface area contributed by atoms with Crippen LogP contribution in [0.5, 0.6) is 0 Å². The number of nitrogens with one attached hydrogen (secondary N) is 2. The second-order valence-corrected chi connectivity index (χ2v) is 7.18. The monoisotopic (exact) mass is 438 g/mol. The number of para-hydroxylation sites is 2. The lowest BCUT2D eigenvalue weighted by Gasteiger charge is -2.05. The van der Waals surface area contributed by atoms with E-state index in [1.807, 2.05) is 78.9 Å². The summed E-state index contributed by atoms with van der Waals surface area (Å²) in [5.74, 6) is -0.661. The molecule has 9 heteroatoms. The lowest BCUT2D eigenvalue weighted by Crippen LogP contribution is -2.42. The zero-order valence-electron chi connectivity index (χ0n) is 17.3. The van der Waals surface area contributed by atoms with Crippen LogP contribution in [0.15, 0.2) is 89.5 Å². The molecule has 2 aromatic heterocycles. The van der Waals surface area contributed by atoms with E-state index >= 15 is 0 Å². The number of hydrogen-bond acceptors (Lipinski definition) is 6. The van der Waals surface area contributed by atoms with E-state index in [0.29, 0.717) is 17.1 Å². The summed E-state index contributed by atoms with van der Waals surface area (Å²) in [5, 5.41) is 9.04. The van der Waals surface area contributed by atoms with Crippen LogP contribution in [0, 0.1) is 0 Å². The third kappa shape index (κ3) is 4.19. The van der Waals surface area contributed by atoms with E-state index in [1.54, 1.807) is 10.7 Å². The fourth-order valence-corrected chi connectivity index (χ4v) is 3.38. The number of carbonyl (C=O) groups excluding carboxylic acids is 2. The molecule has 0 bridgehead atoms. The molecule has 0 saturated heterocycles. The summed E-state index contributed by atoms with van der Waals surface area (Å²) in [4.78, 5) is 29.5. The Kier molecular flexibility index (Phi) is 5.34. The molecule has 2 N–H and O–H groups in total. The molecule has 5 rings (SSSR count). The number of aromatic nitrogens is 4. The second-order valence-electron chi connectivity index (χ2n) is 7.18. The Balaban J connectivity index is 1.33. The number of amides is 2. The highest BCUT2D eigenvalue weighted by atomic mass is 16.5. The van der Waals surface area contributed by atoms with Gasteiger partial charge < -0.3 is 4.52 Å². The molecule has 5 aromatic rings. The van der Waals surface area contributed by atoms with Crippen LogP contribution >= 0.6 is 0 Å². The Hall–Kier alpha value is -4.79. The Bertz CT molecular complexity index is 1370. The van der Waals surface area contributed by atoms with Crippen LogP contribution in [0.1, 0.15) is 16.3 Å². The summed E-state index contributed by atoms with van der Waals surface area (Å²) in [6, 6.07) is 26.0. The molecule has 0 aliphatic carbocycles. The number of hydrazine groups is 1. The average molecular weight is 438 g/mol. The summed E-state index contributed by atoms with van der Waals surface area (Å²) in [6.45, 7) is 0. The standard InChI is InChI=1S/C24H18N6O3/c31-21(15-19-18-13-7-8-14-20(18)33-29-19)26-27-24(32)22-25-23(16-9-3-1-4-10-16)30(28-22)17-11-5-2-6-12-17/h1-14H,15H2,(H,26,31)(H,27,32). The lowest BCUT2D eigenvalue weighted by atomic mass is 10.2. The third-order valence-corrected chi connectivity index (χ3v) is 4.94.